The van der Waals surface area contributed by atoms with Crippen molar-refractivity contribution < 1.29 is 4.79 Å². The fraction of sp³-hybridized carbons (Fsp3) is 0. The summed E-state index contributed by atoms with van der Waals surface area (Å²) in [4.78, 5) is 34.7. The topological polar surface area (TPSA) is 85.0 Å². The van der Waals surface area contributed by atoms with Gasteiger partial charge in [-0.2, -0.15) is 4.98 Å². The molecule has 0 radical (unpaired) electrons. The number of hydrogen-bond acceptors (Lipinski definition) is 6. The third kappa shape index (κ3) is 4.44. The fourth-order valence-corrected chi connectivity index (χ4v) is 4.37. The Kier molecular flexibility index (Phi) is 5.90. The van der Waals surface area contributed by atoms with Crippen LogP contribution in [0.3, 0.4) is 0 Å². The van der Waals surface area contributed by atoms with E-state index in [1.807, 2.05) is 24.3 Å². The molecule has 3 aromatic heterocycles. The normalized spacial score (nSPS) is 10.5. The molecule has 0 saturated heterocycles. The van der Waals surface area contributed by atoms with Gasteiger partial charge in [0.15, 0.2) is 15.6 Å². The van der Waals surface area contributed by atoms with Crippen LogP contribution in [0.4, 0.5) is 10.9 Å². The van der Waals surface area contributed by atoms with Crippen molar-refractivity contribution in [1.29, 1.82) is 0 Å². The van der Waals surface area contributed by atoms with Crippen LogP contribution >= 0.6 is 22.9 Å². The van der Waals surface area contributed by atoms with Crippen molar-refractivity contribution in [1.82, 2.24) is 19.9 Å². The average Bonchev–Trinajstić information content (AvgIpc) is 3.30. The van der Waals surface area contributed by atoms with E-state index in [4.69, 9.17) is 24.6 Å². The second-order valence-electron chi connectivity index (χ2n) is 7.25. The van der Waals surface area contributed by atoms with Crippen molar-refractivity contribution in [2.75, 3.05) is 5.32 Å². The maximum absolute atomic E-state index is 13.2. The molecule has 9 heteroatoms. The summed E-state index contributed by atoms with van der Waals surface area (Å²) in [5.74, 6) is 2.34. The van der Waals surface area contributed by atoms with Crippen molar-refractivity contribution in [3.05, 3.63) is 94.6 Å². The second-order valence-corrected chi connectivity index (χ2v) is 8.67. The molecular formula is C26H13ClN6OS. The highest BCUT2D eigenvalue weighted by molar-refractivity contribution is 7.21. The lowest BCUT2D eigenvalue weighted by molar-refractivity contribution is 0.102. The minimum absolute atomic E-state index is 0.159. The number of rotatable bonds is 4. The number of halogens is 1. The molecule has 0 fully saturated rings. The number of benzene rings is 2. The zero-order valence-corrected chi connectivity index (χ0v) is 19.4. The van der Waals surface area contributed by atoms with Gasteiger partial charge in [0.05, 0.1) is 17.5 Å². The first-order chi connectivity index (χ1) is 17.1. The lowest BCUT2D eigenvalue weighted by Crippen LogP contribution is -2.13. The van der Waals surface area contributed by atoms with Gasteiger partial charge in [0.25, 0.3) is 11.7 Å². The number of amides is 1. The number of pyridine rings is 1. The lowest BCUT2D eigenvalue weighted by Gasteiger charge is -2.10. The molecule has 0 bridgehead atoms. The number of fused-ring (bicyclic) bond motifs is 1. The Hall–Kier alpha value is -4.63. The van der Waals surface area contributed by atoms with Gasteiger partial charge in [-0.25, -0.2) is 9.97 Å². The summed E-state index contributed by atoms with van der Waals surface area (Å²) in [5.41, 5.74) is 4.00. The van der Waals surface area contributed by atoms with E-state index in [0.29, 0.717) is 43.0 Å². The highest BCUT2D eigenvalue weighted by Gasteiger charge is 2.20. The summed E-state index contributed by atoms with van der Waals surface area (Å²) in [7, 11) is 0. The molecular weight excluding hydrogens is 480 g/mol. The van der Waals surface area contributed by atoms with E-state index in [-0.39, 0.29) is 11.4 Å². The van der Waals surface area contributed by atoms with Crippen LogP contribution in [-0.4, -0.2) is 25.8 Å². The predicted octanol–water partition coefficient (Wildman–Crippen LogP) is 6.25. The summed E-state index contributed by atoms with van der Waals surface area (Å²) in [6.07, 6.45) is 8.65. The van der Waals surface area contributed by atoms with Crippen LogP contribution in [0.15, 0.2) is 67.0 Å². The van der Waals surface area contributed by atoms with E-state index in [0.717, 1.165) is 5.56 Å². The monoisotopic (exact) mass is 492 g/mol. The van der Waals surface area contributed by atoms with Gasteiger partial charge in [-0.05, 0) is 35.4 Å². The molecule has 7 nitrogen and oxygen atoms in total. The van der Waals surface area contributed by atoms with Crippen LogP contribution in [-0.2, 0) is 0 Å². The Morgan fingerprint density at radius 2 is 1.86 bits per heavy atom. The van der Waals surface area contributed by atoms with Crippen LogP contribution in [0.25, 0.3) is 37.7 Å². The zero-order chi connectivity index (χ0) is 24.4. The van der Waals surface area contributed by atoms with Crippen LogP contribution < -0.4 is 5.32 Å². The maximum Gasteiger partial charge on any atom is 0.270 e. The van der Waals surface area contributed by atoms with Crippen LogP contribution in [0.5, 0.6) is 0 Å². The standard InChI is InChI=1S/C26H13ClN6OS/c1-3-15-6-4-5-7-18(15)19-12-22(28-2)29-13-20(19)24(34)33-26-32-23-25(35-26)31-21(14-30-23)16-8-10-17(27)11-9-16/h1,4-14H,(H,30,32,33,34). The van der Waals surface area contributed by atoms with Gasteiger partial charge in [-0.1, -0.05) is 65.8 Å². The summed E-state index contributed by atoms with van der Waals surface area (Å²) in [6, 6.07) is 16.0. The number of anilines is 1. The lowest BCUT2D eigenvalue weighted by atomic mass is 9.96. The molecule has 1 N–H and O–H groups in total. The molecule has 3 heterocycles. The van der Waals surface area contributed by atoms with Gasteiger partial charge in [0.2, 0.25) is 0 Å². The Bertz CT molecular complexity index is 1680. The molecule has 1 amide bonds. The first-order valence-corrected chi connectivity index (χ1v) is 11.4. The first kappa shape index (κ1) is 22.2. The Morgan fingerprint density at radius 1 is 1.06 bits per heavy atom. The van der Waals surface area contributed by atoms with Gasteiger partial charge in [0.1, 0.15) is 6.20 Å². The van der Waals surface area contributed by atoms with Crippen molar-refractivity contribution in [2.24, 2.45) is 0 Å². The molecule has 2 aromatic carbocycles. The number of thiazole rings is 1. The number of hydrogen-bond donors (Lipinski definition) is 1. The van der Waals surface area contributed by atoms with E-state index in [2.05, 4.69) is 36.0 Å². The number of aromatic nitrogens is 4. The predicted molar refractivity (Wildman–Crippen MR) is 137 cm³/mol. The molecule has 5 aromatic rings. The molecule has 0 aliphatic heterocycles. The Morgan fingerprint density at radius 3 is 2.63 bits per heavy atom. The van der Waals surface area contributed by atoms with Crippen molar-refractivity contribution in [3.63, 3.8) is 0 Å². The average molecular weight is 493 g/mol. The van der Waals surface area contributed by atoms with E-state index < -0.39 is 5.91 Å². The summed E-state index contributed by atoms with van der Waals surface area (Å²) in [6.45, 7) is 7.30. The minimum atomic E-state index is -0.437. The third-order valence-electron chi connectivity index (χ3n) is 5.11. The van der Waals surface area contributed by atoms with Crippen LogP contribution in [0, 0.1) is 18.9 Å². The van der Waals surface area contributed by atoms with E-state index in [1.54, 1.807) is 36.5 Å². The molecule has 0 aliphatic carbocycles. The SMILES string of the molecule is [C-]#[N+]c1cc(-c2ccccc2C#C)c(C(=O)Nc2nc3ncc(-c4ccc(Cl)cc4)nc3s2)cn1. The summed E-state index contributed by atoms with van der Waals surface area (Å²) < 4.78 is 0. The molecule has 0 atom stereocenters. The fourth-order valence-electron chi connectivity index (χ4n) is 3.45. The van der Waals surface area contributed by atoms with E-state index in [1.165, 1.54) is 17.5 Å². The molecule has 166 valence electrons. The Labute approximate surface area is 209 Å². The van der Waals surface area contributed by atoms with Crippen molar-refractivity contribution >= 4 is 50.3 Å². The van der Waals surface area contributed by atoms with E-state index in [9.17, 15) is 4.79 Å². The number of carbonyl (C=O) groups excluding carboxylic acids is 1. The molecule has 0 saturated carbocycles. The van der Waals surface area contributed by atoms with Gasteiger partial charge >= 0.3 is 0 Å². The minimum Gasteiger partial charge on any atom is -0.361 e. The summed E-state index contributed by atoms with van der Waals surface area (Å²) in [5, 5.41) is 3.77. The van der Waals surface area contributed by atoms with Gasteiger partial charge < -0.3 is 4.85 Å². The second kappa shape index (κ2) is 9.32. The smallest absolute Gasteiger partial charge is 0.270 e. The molecule has 0 spiro atoms. The molecule has 0 aliphatic rings. The number of nitrogens with one attached hydrogen (secondary N) is 1. The maximum atomic E-state index is 13.2. The Balaban J connectivity index is 1.49. The van der Waals surface area contributed by atoms with Crippen molar-refractivity contribution in [2.45, 2.75) is 0 Å². The van der Waals surface area contributed by atoms with Gasteiger partial charge in [-0.3, -0.25) is 10.1 Å². The number of carbonyl (C=O) groups is 1. The molecule has 35 heavy (non-hydrogen) atoms. The molecule has 0 unspecified atom stereocenters. The highest BCUT2D eigenvalue weighted by Crippen LogP contribution is 2.31. The zero-order valence-electron chi connectivity index (χ0n) is 17.9. The van der Waals surface area contributed by atoms with Crippen LogP contribution in [0.2, 0.25) is 5.02 Å². The molecule has 5 rings (SSSR count). The van der Waals surface area contributed by atoms with Crippen LogP contribution in [0.1, 0.15) is 15.9 Å². The van der Waals surface area contributed by atoms with Gasteiger partial charge in [-0.15, -0.1) is 11.4 Å². The van der Waals surface area contributed by atoms with E-state index >= 15 is 0 Å². The summed E-state index contributed by atoms with van der Waals surface area (Å²) >= 11 is 7.17. The first-order valence-electron chi connectivity index (χ1n) is 10.2. The van der Waals surface area contributed by atoms with Gasteiger partial charge in [0, 0.05) is 16.1 Å². The number of terminal acetylenes is 1. The number of nitrogens with zero attached hydrogens (tertiary/aromatic N) is 5. The third-order valence-corrected chi connectivity index (χ3v) is 6.21. The quantitative estimate of drug-likeness (QED) is 0.236. The highest BCUT2D eigenvalue weighted by atomic mass is 35.5. The van der Waals surface area contributed by atoms with Crippen molar-refractivity contribution in [3.8, 4) is 34.7 Å². The largest absolute Gasteiger partial charge is 0.361 e.